The van der Waals surface area contributed by atoms with Crippen molar-refractivity contribution in [3.63, 3.8) is 0 Å². The van der Waals surface area contributed by atoms with Gasteiger partial charge in [-0.1, -0.05) is 0 Å². The number of aromatic nitrogens is 3. The second-order valence-electron chi connectivity index (χ2n) is 7.24. The molecule has 0 saturated heterocycles. The maximum Gasteiger partial charge on any atom is 0.219 e. The van der Waals surface area contributed by atoms with Crippen LogP contribution in [0.15, 0.2) is 18.5 Å². The lowest BCUT2D eigenvalue weighted by Gasteiger charge is -2.32. The highest BCUT2D eigenvalue weighted by Crippen LogP contribution is 2.37. The number of hydrogen-bond donors (Lipinski definition) is 0. The molecular formula is C19H25N5O. The molecule has 2 aromatic heterocycles. The predicted octanol–water partition coefficient (Wildman–Crippen LogP) is 2.85. The molecule has 4 heterocycles. The summed E-state index contributed by atoms with van der Waals surface area (Å²) in [6, 6.07) is 2.40. The van der Waals surface area contributed by atoms with Gasteiger partial charge in [0, 0.05) is 61.8 Å². The van der Waals surface area contributed by atoms with Gasteiger partial charge in [0.25, 0.3) is 0 Å². The third kappa shape index (κ3) is 2.69. The van der Waals surface area contributed by atoms with Crippen LogP contribution in [0.2, 0.25) is 0 Å². The van der Waals surface area contributed by atoms with Crippen molar-refractivity contribution in [2.24, 2.45) is 0 Å². The number of hydrogen-bond acceptors (Lipinski definition) is 4. The Bertz CT molecular complexity index is 810. The first-order valence-corrected chi connectivity index (χ1v) is 9.12. The molecular weight excluding hydrogens is 314 g/mol. The van der Waals surface area contributed by atoms with Crippen molar-refractivity contribution < 1.29 is 4.79 Å². The number of fused-ring (bicyclic) bond motifs is 2. The van der Waals surface area contributed by atoms with Gasteiger partial charge in [0.2, 0.25) is 5.91 Å². The Morgan fingerprint density at radius 3 is 2.84 bits per heavy atom. The number of pyridine rings is 1. The van der Waals surface area contributed by atoms with Crippen molar-refractivity contribution in [2.75, 3.05) is 18.0 Å². The quantitative estimate of drug-likeness (QED) is 0.844. The van der Waals surface area contributed by atoms with Crippen LogP contribution in [0.4, 0.5) is 11.5 Å². The molecule has 2 aliphatic heterocycles. The Morgan fingerprint density at radius 2 is 2.08 bits per heavy atom. The maximum absolute atomic E-state index is 11.9. The topological polar surface area (TPSA) is 54.3 Å². The minimum atomic E-state index is 0.136. The van der Waals surface area contributed by atoms with E-state index in [4.69, 9.17) is 5.10 Å². The monoisotopic (exact) mass is 339 g/mol. The highest BCUT2D eigenvalue weighted by atomic mass is 16.2. The van der Waals surface area contributed by atoms with Gasteiger partial charge in [-0.05, 0) is 38.3 Å². The van der Waals surface area contributed by atoms with E-state index in [0.717, 1.165) is 38.2 Å². The SMILES string of the molecule is CC(=O)N1CCc2c(c(N3CCCc4cnccc43)nn2C(C)C)C1. The Hall–Kier alpha value is -2.37. The Balaban J connectivity index is 1.82. The first-order valence-electron chi connectivity index (χ1n) is 9.12. The minimum Gasteiger partial charge on any atom is -0.338 e. The lowest BCUT2D eigenvalue weighted by atomic mass is 10.0. The number of amides is 1. The van der Waals surface area contributed by atoms with Gasteiger partial charge >= 0.3 is 0 Å². The summed E-state index contributed by atoms with van der Waals surface area (Å²) < 4.78 is 2.15. The zero-order valence-corrected chi connectivity index (χ0v) is 15.2. The summed E-state index contributed by atoms with van der Waals surface area (Å²) in [6.07, 6.45) is 6.85. The lowest BCUT2D eigenvalue weighted by Crippen LogP contribution is -2.35. The lowest BCUT2D eigenvalue weighted by molar-refractivity contribution is -0.129. The van der Waals surface area contributed by atoms with E-state index in [1.54, 1.807) is 6.92 Å². The molecule has 0 bridgehead atoms. The van der Waals surface area contributed by atoms with Gasteiger partial charge < -0.3 is 9.80 Å². The predicted molar refractivity (Wildman–Crippen MR) is 97.0 cm³/mol. The third-order valence-electron chi connectivity index (χ3n) is 5.25. The molecule has 0 aliphatic carbocycles. The summed E-state index contributed by atoms with van der Waals surface area (Å²) in [7, 11) is 0. The second-order valence-corrected chi connectivity index (χ2v) is 7.24. The molecule has 0 unspecified atom stereocenters. The summed E-state index contributed by atoms with van der Waals surface area (Å²) in [4.78, 5) is 20.4. The molecule has 2 aromatic rings. The molecule has 0 saturated carbocycles. The fourth-order valence-corrected chi connectivity index (χ4v) is 3.98. The van der Waals surface area contributed by atoms with Crippen molar-refractivity contribution in [1.29, 1.82) is 0 Å². The van der Waals surface area contributed by atoms with Crippen LogP contribution < -0.4 is 4.90 Å². The molecule has 6 nitrogen and oxygen atoms in total. The average molecular weight is 339 g/mol. The van der Waals surface area contributed by atoms with Gasteiger partial charge in [0.15, 0.2) is 5.82 Å². The van der Waals surface area contributed by atoms with Gasteiger partial charge in [0.1, 0.15) is 0 Å². The number of anilines is 2. The van der Waals surface area contributed by atoms with E-state index in [1.807, 2.05) is 17.3 Å². The van der Waals surface area contributed by atoms with E-state index < -0.39 is 0 Å². The summed E-state index contributed by atoms with van der Waals surface area (Å²) in [5.74, 6) is 1.15. The van der Waals surface area contributed by atoms with Gasteiger partial charge in [-0.3, -0.25) is 14.5 Å². The highest BCUT2D eigenvalue weighted by Gasteiger charge is 2.31. The number of carbonyl (C=O) groups excluding carboxylic acids is 1. The molecule has 4 rings (SSSR count). The summed E-state index contributed by atoms with van der Waals surface area (Å²) in [5.41, 5.74) is 4.97. The van der Waals surface area contributed by atoms with Crippen molar-refractivity contribution in [3.8, 4) is 0 Å². The fourth-order valence-electron chi connectivity index (χ4n) is 3.98. The highest BCUT2D eigenvalue weighted by molar-refractivity contribution is 5.75. The first kappa shape index (κ1) is 16.1. The molecule has 0 spiro atoms. The van der Waals surface area contributed by atoms with Gasteiger partial charge in [0.05, 0.1) is 6.54 Å². The zero-order valence-electron chi connectivity index (χ0n) is 15.2. The summed E-state index contributed by atoms with van der Waals surface area (Å²) >= 11 is 0. The van der Waals surface area contributed by atoms with E-state index in [0.29, 0.717) is 12.6 Å². The van der Waals surface area contributed by atoms with E-state index in [-0.39, 0.29) is 5.91 Å². The molecule has 6 heteroatoms. The van der Waals surface area contributed by atoms with Crippen molar-refractivity contribution >= 4 is 17.4 Å². The molecule has 1 amide bonds. The molecule has 0 fully saturated rings. The normalized spacial score (nSPS) is 16.8. The molecule has 0 N–H and O–H groups in total. The first-order chi connectivity index (χ1) is 12.1. The number of rotatable bonds is 2. The fraction of sp³-hybridized carbons (Fsp3) is 0.526. The van der Waals surface area contributed by atoms with Crippen molar-refractivity contribution in [3.05, 3.63) is 35.3 Å². The van der Waals surface area contributed by atoms with Crippen LogP contribution in [-0.4, -0.2) is 38.7 Å². The van der Waals surface area contributed by atoms with E-state index in [2.05, 4.69) is 34.5 Å². The Labute approximate surface area is 148 Å². The van der Waals surface area contributed by atoms with Crippen molar-refractivity contribution in [2.45, 2.75) is 52.6 Å². The number of carbonyl (C=O) groups is 1. The average Bonchev–Trinajstić information content (AvgIpc) is 3.00. The molecule has 0 radical (unpaired) electrons. The Kier molecular flexibility index (Phi) is 3.98. The van der Waals surface area contributed by atoms with Crippen molar-refractivity contribution in [1.82, 2.24) is 19.7 Å². The second kappa shape index (κ2) is 6.17. The molecule has 0 atom stereocenters. The van der Waals surface area contributed by atoms with E-state index in [1.165, 1.54) is 22.5 Å². The minimum absolute atomic E-state index is 0.136. The van der Waals surface area contributed by atoms with Crippen LogP contribution in [0, 0.1) is 0 Å². The summed E-state index contributed by atoms with van der Waals surface area (Å²) in [5, 5.41) is 4.99. The van der Waals surface area contributed by atoms with Crippen LogP contribution in [0.3, 0.4) is 0 Å². The standard InChI is InChI=1S/C19H25N5O/c1-13(2)24-18-7-10-22(14(3)25)12-16(18)19(21-24)23-9-4-5-15-11-20-8-6-17(15)23/h6,8,11,13H,4-5,7,9-10,12H2,1-3H3. The molecule has 132 valence electrons. The van der Waals surface area contributed by atoms with Crippen LogP contribution in [0.25, 0.3) is 0 Å². The summed E-state index contributed by atoms with van der Waals surface area (Å²) in [6.45, 7) is 8.38. The number of nitrogens with zero attached hydrogens (tertiary/aromatic N) is 5. The maximum atomic E-state index is 11.9. The third-order valence-corrected chi connectivity index (χ3v) is 5.25. The van der Waals surface area contributed by atoms with E-state index in [9.17, 15) is 4.79 Å². The largest absolute Gasteiger partial charge is 0.338 e. The molecule has 2 aliphatic rings. The molecule has 0 aromatic carbocycles. The zero-order chi connectivity index (χ0) is 17.6. The van der Waals surface area contributed by atoms with Crippen LogP contribution in [0.1, 0.15) is 50.1 Å². The van der Waals surface area contributed by atoms with Crippen LogP contribution in [0.5, 0.6) is 0 Å². The smallest absolute Gasteiger partial charge is 0.219 e. The van der Waals surface area contributed by atoms with Crippen LogP contribution in [-0.2, 0) is 24.2 Å². The molecule has 25 heavy (non-hydrogen) atoms. The Morgan fingerprint density at radius 1 is 1.24 bits per heavy atom. The van der Waals surface area contributed by atoms with Crippen LogP contribution >= 0.6 is 0 Å². The van der Waals surface area contributed by atoms with Gasteiger partial charge in [-0.2, -0.15) is 5.10 Å². The number of aryl methyl sites for hydroxylation is 1. The van der Waals surface area contributed by atoms with Gasteiger partial charge in [-0.25, -0.2) is 0 Å². The van der Waals surface area contributed by atoms with E-state index >= 15 is 0 Å². The van der Waals surface area contributed by atoms with Gasteiger partial charge in [-0.15, -0.1) is 0 Å².